The van der Waals surface area contributed by atoms with Gasteiger partial charge in [0.15, 0.2) is 5.82 Å². The first kappa shape index (κ1) is 13.6. The van der Waals surface area contributed by atoms with Gasteiger partial charge in [-0.1, -0.05) is 0 Å². The highest BCUT2D eigenvalue weighted by molar-refractivity contribution is 5.26. The summed E-state index contributed by atoms with van der Waals surface area (Å²) in [6.07, 6.45) is 2.16. The summed E-state index contributed by atoms with van der Waals surface area (Å²) in [5, 5.41) is 7.29. The van der Waals surface area contributed by atoms with E-state index in [0.717, 1.165) is 18.1 Å². The first-order valence-electron chi connectivity index (χ1n) is 6.52. The highest BCUT2D eigenvalue weighted by Crippen LogP contribution is 2.20. The van der Waals surface area contributed by atoms with Crippen molar-refractivity contribution in [2.24, 2.45) is 0 Å². The zero-order valence-electron chi connectivity index (χ0n) is 11.4. The van der Waals surface area contributed by atoms with Crippen molar-refractivity contribution in [3.05, 3.63) is 46.4 Å². The molecule has 0 bridgehead atoms. The van der Waals surface area contributed by atoms with Gasteiger partial charge in [-0.05, 0) is 13.0 Å². The molecule has 0 aromatic carbocycles. The Kier molecular flexibility index (Phi) is 3.61. The fraction of sp³-hybridized carbons (Fsp3) is 0.385. The van der Waals surface area contributed by atoms with E-state index in [9.17, 15) is 9.18 Å². The van der Waals surface area contributed by atoms with Crippen LogP contribution in [0, 0.1) is 12.7 Å². The molecule has 0 amide bonds. The lowest BCUT2D eigenvalue weighted by Crippen LogP contribution is -2.37. The Labute approximate surface area is 119 Å². The topological polar surface area (TPSA) is 81.9 Å². The predicted molar refractivity (Wildman–Crippen MR) is 72.5 cm³/mol. The number of ether oxygens (including phenoxy) is 1. The van der Waals surface area contributed by atoms with Crippen LogP contribution in [0.5, 0.6) is 0 Å². The molecule has 110 valence electrons. The Balaban J connectivity index is 1.83. The molecule has 2 aromatic rings. The van der Waals surface area contributed by atoms with Crippen molar-refractivity contribution in [1.29, 1.82) is 0 Å². The molecule has 1 aliphatic heterocycles. The van der Waals surface area contributed by atoms with Gasteiger partial charge in [-0.15, -0.1) is 0 Å². The normalized spacial score (nSPS) is 21.4. The molecule has 2 unspecified atom stereocenters. The van der Waals surface area contributed by atoms with E-state index in [1.807, 2.05) is 6.92 Å². The Morgan fingerprint density at radius 3 is 2.86 bits per heavy atom. The quantitative estimate of drug-likeness (QED) is 0.888. The van der Waals surface area contributed by atoms with Crippen LogP contribution in [0.4, 0.5) is 10.3 Å². The molecule has 0 radical (unpaired) electrons. The van der Waals surface area contributed by atoms with Crippen molar-refractivity contribution < 1.29 is 9.13 Å². The van der Waals surface area contributed by atoms with E-state index in [-0.39, 0.29) is 23.6 Å². The molecule has 1 aliphatic rings. The smallest absolute Gasteiger partial charge is 0.267 e. The average molecular weight is 291 g/mol. The van der Waals surface area contributed by atoms with E-state index >= 15 is 0 Å². The van der Waals surface area contributed by atoms with Gasteiger partial charge in [0.25, 0.3) is 5.56 Å². The molecular weight excluding hydrogens is 277 g/mol. The van der Waals surface area contributed by atoms with Crippen LogP contribution in [-0.4, -0.2) is 39.0 Å². The Bertz CT molecular complexity index is 688. The molecule has 3 heterocycles. The van der Waals surface area contributed by atoms with Gasteiger partial charge < -0.3 is 10.1 Å². The van der Waals surface area contributed by atoms with Gasteiger partial charge in [0, 0.05) is 6.07 Å². The summed E-state index contributed by atoms with van der Waals surface area (Å²) in [5.41, 5.74) is 0.557. The average Bonchev–Trinajstić information content (AvgIpc) is 2.92. The minimum Gasteiger partial charge on any atom is -0.377 e. The third kappa shape index (κ3) is 2.89. The zero-order chi connectivity index (χ0) is 14.8. The van der Waals surface area contributed by atoms with Crippen molar-refractivity contribution in [3.8, 4) is 0 Å². The molecular formula is C13H14FN5O2. The first-order valence-corrected chi connectivity index (χ1v) is 6.52. The van der Waals surface area contributed by atoms with Gasteiger partial charge in [0.2, 0.25) is 5.95 Å². The van der Waals surface area contributed by atoms with Crippen molar-refractivity contribution in [2.75, 3.05) is 18.5 Å². The summed E-state index contributed by atoms with van der Waals surface area (Å²) in [7, 11) is 0. The number of halogens is 1. The summed E-state index contributed by atoms with van der Waals surface area (Å²) < 4.78 is 19.6. The highest BCUT2D eigenvalue weighted by atomic mass is 19.1. The summed E-state index contributed by atoms with van der Waals surface area (Å²) in [4.78, 5) is 19.6. The number of nitrogens with one attached hydrogen (secondary N) is 1. The van der Waals surface area contributed by atoms with Crippen LogP contribution in [0.3, 0.4) is 0 Å². The second-order valence-corrected chi connectivity index (χ2v) is 4.84. The molecule has 0 saturated carbocycles. The Morgan fingerprint density at radius 2 is 2.10 bits per heavy atom. The number of hydrogen-bond acceptors (Lipinski definition) is 6. The minimum atomic E-state index is -0.503. The molecule has 0 aliphatic carbocycles. The molecule has 8 heteroatoms. The van der Waals surface area contributed by atoms with Crippen molar-refractivity contribution in [1.82, 2.24) is 19.7 Å². The van der Waals surface area contributed by atoms with E-state index in [1.165, 1.54) is 10.7 Å². The van der Waals surface area contributed by atoms with E-state index in [4.69, 9.17) is 4.74 Å². The molecule has 1 saturated heterocycles. The van der Waals surface area contributed by atoms with Crippen molar-refractivity contribution in [2.45, 2.75) is 19.0 Å². The lowest BCUT2D eigenvalue weighted by atomic mass is 10.2. The van der Waals surface area contributed by atoms with Crippen molar-refractivity contribution >= 4 is 5.95 Å². The Hall–Kier alpha value is -2.35. The summed E-state index contributed by atoms with van der Waals surface area (Å²) in [6.45, 7) is 2.58. The highest BCUT2D eigenvalue weighted by Gasteiger charge is 2.31. The maximum Gasteiger partial charge on any atom is 0.267 e. The fourth-order valence-corrected chi connectivity index (χ4v) is 2.23. The van der Waals surface area contributed by atoms with Gasteiger partial charge >= 0.3 is 0 Å². The maximum absolute atomic E-state index is 12.8. The zero-order valence-corrected chi connectivity index (χ0v) is 11.4. The molecule has 0 spiro atoms. The van der Waals surface area contributed by atoms with Gasteiger partial charge in [-0.25, -0.2) is 19.0 Å². The maximum atomic E-state index is 12.8. The second-order valence-electron chi connectivity index (χ2n) is 4.84. The fourth-order valence-electron chi connectivity index (χ4n) is 2.23. The molecule has 7 nitrogen and oxygen atoms in total. The van der Waals surface area contributed by atoms with E-state index < -0.39 is 5.82 Å². The van der Waals surface area contributed by atoms with Crippen molar-refractivity contribution in [3.63, 3.8) is 0 Å². The molecule has 21 heavy (non-hydrogen) atoms. The summed E-state index contributed by atoms with van der Waals surface area (Å²) in [6, 6.07) is 2.68. The lowest BCUT2D eigenvalue weighted by Gasteiger charge is -2.20. The van der Waals surface area contributed by atoms with Gasteiger partial charge in [-0.3, -0.25) is 4.79 Å². The number of aromatic nitrogens is 4. The summed E-state index contributed by atoms with van der Waals surface area (Å²) in [5.74, 6) is -0.214. The second kappa shape index (κ2) is 5.57. The van der Waals surface area contributed by atoms with Crippen LogP contribution in [0.25, 0.3) is 0 Å². The van der Waals surface area contributed by atoms with Gasteiger partial charge in [-0.2, -0.15) is 5.10 Å². The van der Waals surface area contributed by atoms with E-state index in [1.54, 1.807) is 6.07 Å². The number of anilines is 1. The third-order valence-corrected chi connectivity index (χ3v) is 3.26. The van der Waals surface area contributed by atoms with Crippen LogP contribution in [0.2, 0.25) is 0 Å². The Morgan fingerprint density at radius 1 is 1.33 bits per heavy atom. The molecule has 1 fully saturated rings. The van der Waals surface area contributed by atoms with E-state index in [2.05, 4.69) is 20.4 Å². The number of hydrogen-bond donors (Lipinski definition) is 1. The standard InChI is InChI=1S/C13H14FN5O2/c1-8-2-3-12(20)19(18-8)11-7-21-6-10(11)17-13-15-4-9(14)5-16-13/h2-5,10-11H,6-7H2,1H3,(H,15,16,17). The molecule has 2 atom stereocenters. The minimum absolute atomic E-state index is 0.192. The first-order chi connectivity index (χ1) is 10.1. The largest absolute Gasteiger partial charge is 0.377 e. The van der Waals surface area contributed by atoms with Crippen LogP contribution in [0.1, 0.15) is 11.7 Å². The van der Waals surface area contributed by atoms with Crippen LogP contribution >= 0.6 is 0 Å². The monoisotopic (exact) mass is 291 g/mol. The predicted octanol–water partition coefficient (Wildman–Crippen LogP) is 0.533. The number of aryl methyl sites for hydroxylation is 1. The lowest BCUT2D eigenvalue weighted by molar-refractivity contribution is 0.182. The molecule has 1 N–H and O–H groups in total. The van der Waals surface area contributed by atoms with E-state index in [0.29, 0.717) is 13.2 Å². The van der Waals surface area contributed by atoms with Gasteiger partial charge in [0.1, 0.15) is 6.04 Å². The van der Waals surface area contributed by atoms with Crippen LogP contribution in [-0.2, 0) is 4.74 Å². The van der Waals surface area contributed by atoms with Crippen LogP contribution < -0.4 is 10.9 Å². The van der Waals surface area contributed by atoms with Gasteiger partial charge in [0.05, 0.1) is 37.3 Å². The number of nitrogens with zero attached hydrogens (tertiary/aromatic N) is 4. The third-order valence-electron chi connectivity index (χ3n) is 3.26. The SMILES string of the molecule is Cc1ccc(=O)n(C2COCC2Nc2ncc(F)cn2)n1. The number of rotatable bonds is 3. The van der Waals surface area contributed by atoms with Crippen LogP contribution in [0.15, 0.2) is 29.3 Å². The molecule has 3 rings (SSSR count). The molecule has 2 aromatic heterocycles. The summed E-state index contributed by atoms with van der Waals surface area (Å²) >= 11 is 0.